The zero-order valence-electron chi connectivity index (χ0n) is 7.64. The Morgan fingerprint density at radius 1 is 1.43 bits per heavy atom. The minimum absolute atomic E-state index is 0.570. The molecule has 0 spiro atoms. The molecular formula is C10H9NO3. The fraction of sp³-hybridized carbons (Fsp3) is 0.200. The molecule has 0 aliphatic carbocycles. The smallest absolute Gasteiger partial charge is 0.336 e. The van der Waals surface area contributed by atoms with Crippen LogP contribution in [0.25, 0.3) is 0 Å². The van der Waals surface area contributed by atoms with Crippen LogP contribution in [0, 0.1) is 0 Å². The van der Waals surface area contributed by atoms with Crippen molar-refractivity contribution >= 4 is 12.0 Å². The minimum Gasteiger partial charge on any atom is -0.467 e. The van der Waals surface area contributed by atoms with Gasteiger partial charge in [-0.15, -0.1) is 0 Å². The molecule has 4 heteroatoms. The molecule has 1 rings (SSSR count). The van der Waals surface area contributed by atoms with Crippen molar-refractivity contribution in [3.8, 4) is 0 Å². The number of methoxy groups -OCH3 is 1. The maximum absolute atomic E-state index is 11.2. The number of carbonyl (C=O) groups excluding carboxylic acids is 2. The third-order valence-electron chi connectivity index (χ3n) is 1.72. The molecule has 14 heavy (non-hydrogen) atoms. The molecule has 0 aliphatic rings. The molecule has 0 amide bonds. The first kappa shape index (κ1) is 10.2. The number of hydrogen-bond acceptors (Lipinski definition) is 4. The Bertz CT molecular complexity index is 355. The van der Waals surface area contributed by atoms with Gasteiger partial charge in [0.2, 0.25) is 6.08 Å². The zero-order valence-corrected chi connectivity index (χ0v) is 7.64. The summed E-state index contributed by atoms with van der Waals surface area (Å²) in [5, 5.41) is 0. The van der Waals surface area contributed by atoms with Crippen molar-refractivity contribution in [1.82, 2.24) is 0 Å². The van der Waals surface area contributed by atoms with E-state index >= 15 is 0 Å². The van der Waals surface area contributed by atoms with E-state index < -0.39 is 12.0 Å². The topological polar surface area (TPSA) is 55.7 Å². The maximum Gasteiger partial charge on any atom is 0.336 e. The van der Waals surface area contributed by atoms with Crippen molar-refractivity contribution in [3.63, 3.8) is 0 Å². The summed E-state index contributed by atoms with van der Waals surface area (Å²) in [6.45, 7) is 0. The van der Waals surface area contributed by atoms with Gasteiger partial charge in [0.05, 0.1) is 7.11 Å². The van der Waals surface area contributed by atoms with Gasteiger partial charge in [-0.3, -0.25) is 0 Å². The highest BCUT2D eigenvalue weighted by molar-refractivity contribution is 5.78. The molecule has 1 atom stereocenters. The summed E-state index contributed by atoms with van der Waals surface area (Å²) in [7, 11) is 1.25. The van der Waals surface area contributed by atoms with Crippen molar-refractivity contribution in [1.29, 1.82) is 0 Å². The van der Waals surface area contributed by atoms with Crippen LogP contribution in [0.3, 0.4) is 0 Å². The zero-order chi connectivity index (χ0) is 10.4. The van der Waals surface area contributed by atoms with Gasteiger partial charge in [0, 0.05) is 0 Å². The second-order valence-corrected chi connectivity index (χ2v) is 2.56. The van der Waals surface area contributed by atoms with Crippen LogP contribution in [0.4, 0.5) is 0 Å². The van der Waals surface area contributed by atoms with Crippen molar-refractivity contribution < 1.29 is 14.3 Å². The fourth-order valence-corrected chi connectivity index (χ4v) is 1.06. The summed E-state index contributed by atoms with van der Waals surface area (Å²) in [5.74, 6) is -0.570. The molecule has 0 fully saturated rings. The Balaban J connectivity index is 3.00. The molecule has 4 nitrogen and oxygen atoms in total. The van der Waals surface area contributed by atoms with E-state index in [1.54, 1.807) is 24.3 Å². The predicted octanol–water partition coefficient (Wildman–Crippen LogP) is 1.24. The Kier molecular flexibility index (Phi) is 3.58. The summed E-state index contributed by atoms with van der Waals surface area (Å²) in [6, 6.07) is 7.81. The average molecular weight is 191 g/mol. The standard InChI is InChI=1S/C10H9NO3/c1-14-10(13)9(11-7-12)8-5-3-2-4-6-8/h2-6,9H,1H3. The van der Waals surface area contributed by atoms with Gasteiger partial charge in [-0.2, -0.15) is 4.99 Å². The molecule has 1 aromatic rings. The van der Waals surface area contributed by atoms with Crippen LogP contribution < -0.4 is 0 Å². The molecule has 0 saturated heterocycles. The van der Waals surface area contributed by atoms with E-state index in [-0.39, 0.29) is 0 Å². The molecule has 0 radical (unpaired) electrons. The molecule has 0 aromatic heterocycles. The van der Waals surface area contributed by atoms with Crippen LogP contribution in [0.15, 0.2) is 35.3 Å². The number of isocyanates is 1. The fourth-order valence-electron chi connectivity index (χ4n) is 1.06. The first-order chi connectivity index (χ1) is 6.79. The number of rotatable bonds is 3. The number of carbonyl (C=O) groups is 1. The third-order valence-corrected chi connectivity index (χ3v) is 1.72. The second-order valence-electron chi connectivity index (χ2n) is 2.56. The molecule has 0 N–H and O–H groups in total. The Hall–Kier alpha value is -1.93. The molecule has 0 saturated carbocycles. The Morgan fingerprint density at radius 3 is 2.57 bits per heavy atom. The average Bonchev–Trinajstić information content (AvgIpc) is 2.26. The lowest BCUT2D eigenvalue weighted by molar-refractivity contribution is -0.142. The van der Waals surface area contributed by atoms with Crippen LogP contribution in [0.1, 0.15) is 11.6 Å². The first-order valence-corrected chi connectivity index (χ1v) is 3.99. The quantitative estimate of drug-likeness (QED) is 0.410. The van der Waals surface area contributed by atoms with E-state index in [1.165, 1.54) is 13.2 Å². The summed E-state index contributed by atoms with van der Waals surface area (Å²) in [4.78, 5) is 24.7. The lowest BCUT2D eigenvalue weighted by Crippen LogP contribution is -2.11. The summed E-state index contributed by atoms with van der Waals surface area (Å²) in [6.07, 6.45) is 1.36. The molecule has 1 unspecified atom stereocenters. The number of esters is 1. The molecule has 0 aliphatic heterocycles. The van der Waals surface area contributed by atoms with Crippen molar-refractivity contribution in [3.05, 3.63) is 35.9 Å². The van der Waals surface area contributed by atoms with E-state index in [0.717, 1.165) is 0 Å². The Labute approximate surface area is 81.2 Å². The Morgan fingerprint density at radius 2 is 2.07 bits per heavy atom. The van der Waals surface area contributed by atoms with E-state index in [9.17, 15) is 9.59 Å². The molecule has 1 aromatic carbocycles. The summed E-state index contributed by atoms with van der Waals surface area (Å²) < 4.78 is 4.51. The van der Waals surface area contributed by atoms with Gasteiger partial charge in [0.1, 0.15) is 0 Å². The summed E-state index contributed by atoms with van der Waals surface area (Å²) >= 11 is 0. The van der Waals surface area contributed by atoms with Gasteiger partial charge in [0.25, 0.3) is 0 Å². The van der Waals surface area contributed by atoms with Gasteiger partial charge < -0.3 is 4.74 Å². The van der Waals surface area contributed by atoms with Gasteiger partial charge in [0.15, 0.2) is 6.04 Å². The molecular weight excluding hydrogens is 182 g/mol. The van der Waals surface area contributed by atoms with E-state index in [2.05, 4.69) is 9.73 Å². The maximum atomic E-state index is 11.2. The second kappa shape index (κ2) is 4.94. The normalized spacial score (nSPS) is 11.2. The highest BCUT2D eigenvalue weighted by atomic mass is 16.5. The van der Waals surface area contributed by atoms with E-state index in [4.69, 9.17) is 0 Å². The number of benzene rings is 1. The summed E-state index contributed by atoms with van der Waals surface area (Å²) in [5.41, 5.74) is 0.614. The van der Waals surface area contributed by atoms with Crippen LogP contribution in [-0.4, -0.2) is 19.2 Å². The van der Waals surface area contributed by atoms with Crippen LogP contribution in [0.5, 0.6) is 0 Å². The van der Waals surface area contributed by atoms with Crippen molar-refractivity contribution in [2.24, 2.45) is 4.99 Å². The van der Waals surface area contributed by atoms with Crippen molar-refractivity contribution in [2.45, 2.75) is 6.04 Å². The number of hydrogen-bond donors (Lipinski definition) is 0. The minimum atomic E-state index is -0.904. The monoisotopic (exact) mass is 191 g/mol. The molecule has 0 bridgehead atoms. The highest BCUT2D eigenvalue weighted by Gasteiger charge is 2.19. The van der Waals surface area contributed by atoms with Gasteiger partial charge in [-0.1, -0.05) is 30.3 Å². The predicted molar refractivity (Wildman–Crippen MR) is 49.3 cm³/mol. The molecule has 72 valence electrons. The SMILES string of the molecule is COC(=O)C(N=C=O)c1ccccc1. The lowest BCUT2D eigenvalue weighted by atomic mass is 10.1. The van der Waals surface area contributed by atoms with E-state index in [1.807, 2.05) is 6.07 Å². The number of ether oxygens (including phenoxy) is 1. The van der Waals surface area contributed by atoms with E-state index in [0.29, 0.717) is 5.56 Å². The molecule has 0 heterocycles. The van der Waals surface area contributed by atoms with Gasteiger partial charge in [-0.25, -0.2) is 9.59 Å². The highest BCUT2D eigenvalue weighted by Crippen LogP contribution is 2.17. The third kappa shape index (κ3) is 2.28. The van der Waals surface area contributed by atoms with Crippen LogP contribution >= 0.6 is 0 Å². The largest absolute Gasteiger partial charge is 0.467 e. The first-order valence-electron chi connectivity index (χ1n) is 3.99. The number of nitrogens with zero attached hydrogens (tertiary/aromatic N) is 1. The van der Waals surface area contributed by atoms with Gasteiger partial charge >= 0.3 is 5.97 Å². The number of aliphatic imine (C=N–C) groups is 1. The van der Waals surface area contributed by atoms with Crippen molar-refractivity contribution in [2.75, 3.05) is 7.11 Å². The lowest BCUT2D eigenvalue weighted by Gasteiger charge is -2.07. The van der Waals surface area contributed by atoms with Gasteiger partial charge in [-0.05, 0) is 5.56 Å². The van der Waals surface area contributed by atoms with Crippen LogP contribution in [0.2, 0.25) is 0 Å². The van der Waals surface area contributed by atoms with Crippen LogP contribution in [-0.2, 0) is 14.3 Å².